The van der Waals surface area contributed by atoms with E-state index in [1.165, 1.54) is 4.90 Å². The largest absolute Gasteiger partial charge is 0.507 e. The molecule has 3 aromatic rings. The highest BCUT2D eigenvalue weighted by Crippen LogP contribution is 2.43. The van der Waals surface area contributed by atoms with Crippen LogP contribution in [0.2, 0.25) is 0 Å². The van der Waals surface area contributed by atoms with Crippen molar-refractivity contribution in [1.29, 1.82) is 0 Å². The van der Waals surface area contributed by atoms with E-state index < -0.39 is 17.7 Å². The van der Waals surface area contributed by atoms with Crippen molar-refractivity contribution in [3.05, 3.63) is 88.8 Å². The van der Waals surface area contributed by atoms with Gasteiger partial charge in [-0.3, -0.25) is 14.6 Å². The number of fused-ring (bicyclic) bond motifs is 1. The van der Waals surface area contributed by atoms with Gasteiger partial charge >= 0.3 is 0 Å². The zero-order chi connectivity index (χ0) is 28.2. The molecule has 2 aliphatic rings. The van der Waals surface area contributed by atoms with E-state index in [0.717, 1.165) is 36.1 Å². The first-order valence-electron chi connectivity index (χ1n) is 13.7. The van der Waals surface area contributed by atoms with E-state index in [1.807, 2.05) is 25.1 Å². The molecule has 40 heavy (non-hydrogen) atoms. The molecular weight excluding hydrogens is 508 g/mol. The van der Waals surface area contributed by atoms with Gasteiger partial charge in [-0.2, -0.15) is 0 Å². The Kier molecular flexibility index (Phi) is 8.05. The first kappa shape index (κ1) is 27.2. The van der Waals surface area contributed by atoms with Crippen LogP contribution in [0.4, 0.5) is 0 Å². The summed E-state index contributed by atoms with van der Waals surface area (Å²) in [6.07, 6.45) is 7.13. The molecule has 0 saturated carbocycles. The molecular formula is C32H34N2O6. The van der Waals surface area contributed by atoms with Gasteiger partial charge < -0.3 is 24.2 Å². The van der Waals surface area contributed by atoms with E-state index in [9.17, 15) is 14.7 Å². The molecule has 1 amide bonds. The first-order valence-corrected chi connectivity index (χ1v) is 13.7. The Morgan fingerprint density at radius 2 is 1.98 bits per heavy atom. The van der Waals surface area contributed by atoms with Crippen LogP contribution in [0.5, 0.6) is 17.2 Å². The van der Waals surface area contributed by atoms with E-state index in [4.69, 9.17) is 14.2 Å². The number of nitrogens with zero attached hydrogens (tertiary/aromatic N) is 2. The summed E-state index contributed by atoms with van der Waals surface area (Å²) in [5.74, 6) is 0.182. The maximum Gasteiger partial charge on any atom is 0.295 e. The Morgan fingerprint density at radius 3 is 2.73 bits per heavy atom. The number of carbonyl (C=O) groups excluding carboxylic acids is 2. The summed E-state index contributed by atoms with van der Waals surface area (Å²) in [5.41, 5.74) is 2.83. The lowest BCUT2D eigenvalue weighted by molar-refractivity contribution is -0.140. The minimum absolute atomic E-state index is 0.0273. The third-order valence-electron chi connectivity index (χ3n) is 7.29. The summed E-state index contributed by atoms with van der Waals surface area (Å²) < 4.78 is 17.4. The topological polar surface area (TPSA) is 98.2 Å². The van der Waals surface area contributed by atoms with Crippen molar-refractivity contribution >= 4 is 17.4 Å². The van der Waals surface area contributed by atoms with Crippen molar-refractivity contribution in [2.75, 3.05) is 13.7 Å². The number of rotatable bonds is 10. The van der Waals surface area contributed by atoms with Gasteiger partial charge in [0.15, 0.2) is 11.5 Å². The van der Waals surface area contributed by atoms with Gasteiger partial charge in [0.1, 0.15) is 17.6 Å². The van der Waals surface area contributed by atoms with Gasteiger partial charge in [0.05, 0.1) is 25.3 Å². The van der Waals surface area contributed by atoms with Crippen LogP contribution in [-0.4, -0.2) is 46.5 Å². The van der Waals surface area contributed by atoms with Crippen LogP contribution in [0.25, 0.3) is 5.76 Å². The Hall–Kier alpha value is -4.33. The van der Waals surface area contributed by atoms with Crippen LogP contribution in [-0.2, 0) is 22.6 Å². The number of benzene rings is 2. The van der Waals surface area contributed by atoms with Gasteiger partial charge in [-0.05, 0) is 66.4 Å². The molecule has 0 radical (unpaired) electrons. The average molecular weight is 543 g/mol. The van der Waals surface area contributed by atoms with E-state index in [0.29, 0.717) is 35.7 Å². The van der Waals surface area contributed by atoms with Crippen molar-refractivity contribution in [2.24, 2.45) is 0 Å². The van der Waals surface area contributed by atoms with Crippen molar-refractivity contribution in [3.63, 3.8) is 0 Å². The van der Waals surface area contributed by atoms with E-state index in [1.54, 1.807) is 49.8 Å². The maximum atomic E-state index is 13.5. The maximum absolute atomic E-state index is 13.5. The van der Waals surface area contributed by atoms with Crippen molar-refractivity contribution in [3.8, 4) is 17.2 Å². The fourth-order valence-corrected chi connectivity index (χ4v) is 5.31. The molecule has 2 unspecified atom stereocenters. The van der Waals surface area contributed by atoms with Gasteiger partial charge in [-0.15, -0.1) is 0 Å². The fourth-order valence-electron chi connectivity index (χ4n) is 5.31. The van der Waals surface area contributed by atoms with Crippen LogP contribution in [0.3, 0.4) is 0 Å². The summed E-state index contributed by atoms with van der Waals surface area (Å²) in [7, 11) is 1.55. The van der Waals surface area contributed by atoms with Crippen LogP contribution >= 0.6 is 0 Å². The molecule has 5 rings (SSSR count). The van der Waals surface area contributed by atoms with E-state index in [2.05, 4.69) is 11.9 Å². The van der Waals surface area contributed by atoms with Gasteiger partial charge in [-0.25, -0.2) is 0 Å². The number of aliphatic hydroxyl groups is 1. The highest BCUT2D eigenvalue weighted by Gasteiger charge is 2.46. The predicted molar refractivity (Wildman–Crippen MR) is 150 cm³/mol. The number of ketones is 1. The molecule has 2 aliphatic heterocycles. The summed E-state index contributed by atoms with van der Waals surface area (Å²) in [5, 5.41) is 11.5. The predicted octanol–water partition coefficient (Wildman–Crippen LogP) is 5.60. The highest BCUT2D eigenvalue weighted by molar-refractivity contribution is 6.46. The molecule has 1 fully saturated rings. The molecule has 1 saturated heterocycles. The molecule has 2 aromatic carbocycles. The standard InChI is InChI=1S/C32H34N2O6/c1-4-5-6-14-39-26-12-9-22(17-27(26)38-3)29-28(30(35)23-10-11-25-24(16-23)15-20(2)40-25)31(36)32(37)34(29)19-21-8-7-13-33-18-21/h7-13,16-18,20,29,35H,4-6,14-15,19H2,1-3H3/b30-28+. The molecule has 8 heteroatoms. The van der Waals surface area contributed by atoms with Crippen molar-refractivity contribution < 1.29 is 28.9 Å². The SMILES string of the molecule is CCCCCOc1ccc(C2/C(=C(\O)c3ccc4c(c3)CC(C)O4)C(=O)C(=O)N2Cc2cccnc2)cc1OC. The lowest BCUT2D eigenvalue weighted by Crippen LogP contribution is -2.29. The molecule has 0 aliphatic carbocycles. The third kappa shape index (κ3) is 5.39. The number of amides is 1. The molecule has 1 N–H and O–H groups in total. The second-order valence-electron chi connectivity index (χ2n) is 10.2. The van der Waals surface area contributed by atoms with Gasteiger partial charge in [0.25, 0.3) is 11.7 Å². The number of likely N-dealkylation sites (tertiary alicyclic amines) is 1. The minimum Gasteiger partial charge on any atom is -0.507 e. The van der Waals surface area contributed by atoms with Crippen LogP contribution in [0, 0.1) is 0 Å². The minimum atomic E-state index is -0.841. The van der Waals surface area contributed by atoms with E-state index >= 15 is 0 Å². The number of carbonyl (C=O) groups is 2. The quantitative estimate of drug-likeness (QED) is 0.154. The molecule has 208 valence electrons. The number of hydrogen-bond donors (Lipinski definition) is 1. The number of ether oxygens (including phenoxy) is 3. The molecule has 0 spiro atoms. The second kappa shape index (κ2) is 11.8. The number of Topliss-reactive ketones (excluding diaryl/α,β-unsaturated/α-hetero) is 1. The number of aliphatic hydroxyl groups excluding tert-OH is 1. The summed E-state index contributed by atoms with van der Waals surface area (Å²) in [6.45, 7) is 4.82. The fraction of sp³-hybridized carbons (Fsp3) is 0.344. The Morgan fingerprint density at radius 1 is 1.12 bits per heavy atom. The molecule has 2 atom stereocenters. The summed E-state index contributed by atoms with van der Waals surface area (Å²) in [4.78, 5) is 32.6. The number of pyridine rings is 1. The first-order chi connectivity index (χ1) is 19.4. The Bertz CT molecular complexity index is 1430. The van der Waals surface area contributed by atoms with Gasteiger partial charge in [0, 0.05) is 30.9 Å². The third-order valence-corrected chi connectivity index (χ3v) is 7.29. The Balaban J connectivity index is 1.58. The number of aromatic nitrogens is 1. The number of unbranched alkanes of at least 4 members (excludes halogenated alkanes) is 2. The lowest BCUT2D eigenvalue weighted by Gasteiger charge is -2.26. The normalized spacial score (nSPS) is 19.4. The average Bonchev–Trinajstić information content (AvgIpc) is 3.46. The molecule has 3 heterocycles. The van der Waals surface area contributed by atoms with Crippen molar-refractivity contribution in [1.82, 2.24) is 9.88 Å². The highest BCUT2D eigenvalue weighted by atomic mass is 16.5. The molecule has 8 nitrogen and oxygen atoms in total. The smallest absolute Gasteiger partial charge is 0.295 e. The van der Waals surface area contributed by atoms with E-state index in [-0.39, 0.29) is 24.0 Å². The van der Waals surface area contributed by atoms with Crippen LogP contribution < -0.4 is 14.2 Å². The number of methoxy groups -OCH3 is 1. The Labute approximate surface area is 234 Å². The second-order valence-corrected chi connectivity index (χ2v) is 10.2. The van der Waals surface area contributed by atoms with Gasteiger partial charge in [0.2, 0.25) is 0 Å². The van der Waals surface area contributed by atoms with Crippen molar-refractivity contribution in [2.45, 2.75) is 58.2 Å². The van der Waals surface area contributed by atoms with Crippen LogP contribution in [0.15, 0.2) is 66.5 Å². The van der Waals surface area contributed by atoms with Crippen LogP contribution in [0.1, 0.15) is 61.4 Å². The summed E-state index contributed by atoms with van der Waals surface area (Å²) in [6, 6.07) is 13.5. The zero-order valence-electron chi connectivity index (χ0n) is 23.1. The monoisotopic (exact) mass is 542 g/mol. The number of hydrogen-bond acceptors (Lipinski definition) is 7. The molecule has 0 bridgehead atoms. The molecule has 1 aromatic heterocycles. The zero-order valence-corrected chi connectivity index (χ0v) is 23.1. The van der Waals surface area contributed by atoms with Gasteiger partial charge in [-0.1, -0.05) is 31.9 Å². The summed E-state index contributed by atoms with van der Waals surface area (Å²) >= 11 is 0. The lowest BCUT2D eigenvalue weighted by atomic mass is 9.94.